The number of allylic oxidation sites excluding steroid dienone is 1. The molecule has 1 amide bonds. The van der Waals surface area contributed by atoms with E-state index in [4.69, 9.17) is 0 Å². The van der Waals surface area contributed by atoms with Crippen molar-refractivity contribution in [3.8, 4) is 0 Å². The molecule has 0 bridgehead atoms. The van der Waals surface area contributed by atoms with Gasteiger partial charge in [0.25, 0.3) is 0 Å². The molecule has 12 heavy (non-hydrogen) atoms. The van der Waals surface area contributed by atoms with Gasteiger partial charge in [0.05, 0.1) is 5.92 Å². The fourth-order valence-corrected chi connectivity index (χ4v) is 2.08. The van der Waals surface area contributed by atoms with Crippen LogP contribution in [0.25, 0.3) is 0 Å². The van der Waals surface area contributed by atoms with Gasteiger partial charge in [0.2, 0.25) is 5.91 Å². The van der Waals surface area contributed by atoms with Crippen LogP contribution in [0.5, 0.6) is 0 Å². The van der Waals surface area contributed by atoms with E-state index in [9.17, 15) is 9.00 Å². The molecule has 0 aromatic rings. The number of rotatable bonds is 3. The first kappa shape index (κ1) is 9.45. The fraction of sp³-hybridized carbons (Fsp3) is 0.625. The van der Waals surface area contributed by atoms with Crippen molar-refractivity contribution in [3.63, 3.8) is 0 Å². The third kappa shape index (κ3) is 2.44. The highest BCUT2D eigenvalue weighted by molar-refractivity contribution is 7.86. The average molecular weight is 187 g/mol. The van der Waals surface area contributed by atoms with Gasteiger partial charge >= 0.3 is 0 Å². The summed E-state index contributed by atoms with van der Waals surface area (Å²) in [6.45, 7) is 2.49. The summed E-state index contributed by atoms with van der Waals surface area (Å²) in [5, 5.41) is 2.75. The largest absolute Gasteiger partial charge is 0.352 e. The van der Waals surface area contributed by atoms with Crippen molar-refractivity contribution in [1.82, 2.24) is 5.32 Å². The Morgan fingerprint density at radius 2 is 2.33 bits per heavy atom. The zero-order valence-corrected chi connectivity index (χ0v) is 7.89. The number of nitrogens with one attached hydrogen (secondary N) is 1. The molecule has 1 heterocycles. The van der Waals surface area contributed by atoms with Gasteiger partial charge in [-0.25, -0.2) is 0 Å². The number of hydrogen-bond donors (Lipinski definition) is 1. The Balaban J connectivity index is 2.16. The minimum absolute atomic E-state index is 0.00362. The molecule has 1 N–H and O–H groups in total. The second kappa shape index (κ2) is 4.40. The molecular weight excluding hydrogens is 174 g/mol. The van der Waals surface area contributed by atoms with Crippen LogP contribution in [0, 0.1) is 5.92 Å². The Morgan fingerprint density at radius 3 is 2.83 bits per heavy atom. The third-order valence-corrected chi connectivity index (χ3v) is 3.32. The third-order valence-electron chi connectivity index (χ3n) is 1.77. The van der Waals surface area contributed by atoms with Crippen LogP contribution in [0.3, 0.4) is 0 Å². The molecule has 0 radical (unpaired) electrons. The molecule has 1 aliphatic rings. The van der Waals surface area contributed by atoms with Gasteiger partial charge in [-0.3, -0.25) is 9.00 Å². The van der Waals surface area contributed by atoms with Gasteiger partial charge in [0.15, 0.2) is 0 Å². The molecule has 4 heteroatoms. The molecule has 0 spiro atoms. The Labute approximate surface area is 74.7 Å². The molecule has 0 aliphatic carbocycles. The monoisotopic (exact) mass is 187 g/mol. The molecule has 0 unspecified atom stereocenters. The fourth-order valence-electron chi connectivity index (χ4n) is 0.973. The highest BCUT2D eigenvalue weighted by Gasteiger charge is 2.31. The van der Waals surface area contributed by atoms with E-state index in [-0.39, 0.29) is 11.8 Å². The standard InChI is InChI=1S/C8H13NO2S/c1-2-3-4-9-8(10)7-5-12(11)6-7/h2-3,7H,4-6H2,1H3,(H,9,10)/b3-2+. The molecule has 1 fully saturated rings. The van der Waals surface area contributed by atoms with Crippen LogP contribution >= 0.6 is 0 Å². The molecule has 3 nitrogen and oxygen atoms in total. The lowest BCUT2D eigenvalue weighted by atomic mass is 10.2. The molecule has 0 aromatic heterocycles. The molecule has 0 aromatic carbocycles. The quantitative estimate of drug-likeness (QED) is 0.635. The van der Waals surface area contributed by atoms with Crippen molar-refractivity contribution in [3.05, 3.63) is 12.2 Å². The average Bonchev–Trinajstić information content (AvgIpc) is 1.99. The van der Waals surface area contributed by atoms with Crippen molar-refractivity contribution in [2.75, 3.05) is 18.1 Å². The van der Waals surface area contributed by atoms with Gasteiger partial charge in [0.1, 0.15) is 0 Å². The van der Waals surface area contributed by atoms with E-state index in [1.54, 1.807) is 0 Å². The number of carbonyl (C=O) groups is 1. The topological polar surface area (TPSA) is 46.2 Å². The van der Waals surface area contributed by atoms with E-state index in [1.807, 2.05) is 19.1 Å². The summed E-state index contributed by atoms with van der Waals surface area (Å²) in [4.78, 5) is 11.2. The summed E-state index contributed by atoms with van der Waals surface area (Å²) in [6.07, 6.45) is 3.77. The maximum Gasteiger partial charge on any atom is 0.225 e. The minimum atomic E-state index is -0.729. The number of hydrogen-bond acceptors (Lipinski definition) is 2. The SMILES string of the molecule is C/C=C/CNC(=O)C1CS(=O)C1. The second-order valence-electron chi connectivity index (χ2n) is 2.78. The van der Waals surface area contributed by atoms with Crippen LogP contribution in [0.1, 0.15) is 6.92 Å². The smallest absolute Gasteiger partial charge is 0.225 e. The van der Waals surface area contributed by atoms with E-state index in [0.29, 0.717) is 18.1 Å². The van der Waals surface area contributed by atoms with E-state index in [1.165, 1.54) is 0 Å². The lowest BCUT2D eigenvalue weighted by molar-refractivity contribution is -0.123. The zero-order valence-electron chi connectivity index (χ0n) is 7.08. The van der Waals surface area contributed by atoms with E-state index in [2.05, 4.69) is 5.32 Å². The van der Waals surface area contributed by atoms with Gasteiger partial charge in [0, 0.05) is 28.9 Å². The summed E-state index contributed by atoms with van der Waals surface area (Å²) in [6, 6.07) is 0. The van der Waals surface area contributed by atoms with Crippen LogP contribution in [-0.2, 0) is 15.6 Å². The molecule has 1 saturated heterocycles. The summed E-state index contributed by atoms with van der Waals surface area (Å²) in [5.74, 6) is 1.12. The van der Waals surface area contributed by atoms with Crippen molar-refractivity contribution in [1.29, 1.82) is 0 Å². The first-order chi connectivity index (χ1) is 5.74. The second-order valence-corrected chi connectivity index (χ2v) is 4.33. The van der Waals surface area contributed by atoms with Gasteiger partial charge in [-0.05, 0) is 6.92 Å². The highest BCUT2D eigenvalue weighted by atomic mass is 32.2. The van der Waals surface area contributed by atoms with Gasteiger partial charge in [-0.2, -0.15) is 0 Å². The molecule has 1 rings (SSSR count). The van der Waals surface area contributed by atoms with Crippen LogP contribution < -0.4 is 5.32 Å². The first-order valence-electron chi connectivity index (χ1n) is 3.98. The van der Waals surface area contributed by atoms with Crippen LogP contribution in [0.15, 0.2) is 12.2 Å². The van der Waals surface area contributed by atoms with Gasteiger partial charge < -0.3 is 5.32 Å². The maximum absolute atomic E-state index is 11.2. The Bertz CT molecular complexity index is 217. The van der Waals surface area contributed by atoms with E-state index < -0.39 is 10.8 Å². The highest BCUT2D eigenvalue weighted by Crippen LogP contribution is 2.13. The molecular formula is C8H13NO2S. The Hall–Kier alpha value is -0.640. The summed E-state index contributed by atoms with van der Waals surface area (Å²) in [5.41, 5.74) is 0. The van der Waals surface area contributed by atoms with Crippen molar-refractivity contribution in [2.45, 2.75) is 6.92 Å². The lowest BCUT2D eigenvalue weighted by Crippen LogP contribution is -2.43. The summed E-state index contributed by atoms with van der Waals surface area (Å²) < 4.78 is 10.7. The molecule has 1 aliphatic heterocycles. The van der Waals surface area contributed by atoms with Crippen LogP contribution in [-0.4, -0.2) is 28.2 Å². The van der Waals surface area contributed by atoms with E-state index >= 15 is 0 Å². The predicted octanol–water partition coefficient (Wildman–Crippen LogP) is 0.0572. The summed E-state index contributed by atoms with van der Waals surface area (Å²) >= 11 is 0. The molecule has 0 saturated carbocycles. The zero-order chi connectivity index (χ0) is 8.97. The lowest BCUT2D eigenvalue weighted by Gasteiger charge is -2.23. The molecule has 68 valence electrons. The van der Waals surface area contributed by atoms with E-state index in [0.717, 1.165) is 0 Å². The van der Waals surface area contributed by atoms with Crippen molar-refractivity contribution >= 4 is 16.7 Å². The molecule has 0 atom stereocenters. The minimum Gasteiger partial charge on any atom is -0.352 e. The van der Waals surface area contributed by atoms with Crippen LogP contribution in [0.4, 0.5) is 0 Å². The van der Waals surface area contributed by atoms with Crippen LogP contribution in [0.2, 0.25) is 0 Å². The number of carbonyl (C=O) groups excluding carboxylic acids is 1. The number of amides is 1. The van der Waals surface area contributed by atoms with Gasteiger partial charge in [-0.1, -0.05) is 12.2 Å². The predicted molar refractivity (Wildman–Crippen MR) is 49.2 cm³/mol. The van der Waals surface area contributed by atoms with Gasteiger partial charge in [-0.15, -0.1) is 0 Å². The first-order valence-corrected chi connectivity index (χ1v) is 5.46. The normalized spacial score (nSPS) is 28.4. The van der Waals surface area contributed by atoms with Crippen molar-refractivity contribution in [2.24, 2.45) is 5.92 Å². The van der Waals surface area contributed by atoms with Crippen molar-refractivity contribution < 1.29 is 9.00 Å². The summed E-state index contributed by atoms with van der Waals surface area (Å²) in [7, 11) is -0.729. The maximum atomic E-state index is 11.2. The Kier molecular flexibility index (Phi) is 3.47. The Morgan fingerprint density at radius 1 is 1.67 bits per heavy atom.